The van der Waals surface area contributed by atoms with E-state index >= 15 is 0 Å². The summed E-state index contributed by atoms with van der Waals surface area (Å²) in [5.41, 5.74) is 5.71. The van der Waals surface area contributed by atoms with E-state index in [0.717, 1.165) is 23.0 Å². The summed E-state index contributed by atoms with van der Waals surface area (Å²) in [5.74, 6) is 1.12. The summed E-state index contributed by atoms with van der Waals surface area (Å²) in [6.45, 7) is 6.79. The summed E-state index contributed by atoms with van der Waals surface area (Å²) in [7, 11) is 0. The van der Waals surface area contributed by atoms with Crippen LogP contribution in [0.25, 0.3) is 10.8 Å². The Morgan fingerprint density at radius 2 is 2.30 bits per heavy atom. The maximum Gasteiger partial charge on any atom is 0.268 e. The van der Waals surface area contributed by atoms with Crippen molar-refractivity contribution in [3.8, 4) is 10.8 Å². The number of morpholine rings is 1. The maximum atomic E-state index is 5.75. The lowest BCUT2D eigenvalue weighted by atomic mass is 10.2. The standard InChI is InChI=1S/C13H18N4O2S/c1-8(2)17-5-6-18-9(7-17)12-15-13(19-16-12)10-3-4-11(14)20-10/h3-4,8-9H,5-7,14H2,1-2H3. The van der Waals surface area contributed by atoms with Gasteiger partial charge in [0.2, 0.25) is 5.82 Å². The Morgan fingerprint density at radius 1 is 1.45 bits per heavy atom. The van der Waals surface area contributed by atoms with Crippen LogP contribution in [0.15, 0.2) is 16.7 Å². The third-order valence-corrected chi connectivity index (χ3v) is 4.30. The largest absolute Gasteiger partial charge is 0.391 e. The van der Waals surface area contributed by atoms with Crippen LogP contribution in [-0.2, 0) is 4.74 Å². The van der Waals surface area contributed by atoms with Crippen LogP contribution >= 0.6 is 11.3 Å². The van der Waals surface area contributed by atoms with E-state index in [1.165, 1.54) is 11.3 Å². The van der Waals surface area contributed by atoms with E-state index in [4.69, 9.17) is 15.0 Å². The topological polar surface area (TPSA) is 77.4 Å². The predicted octanol–water partition coefficient (Wildman–Crippen LogP) is 2.16. The van der Waals surface area contributed by atoms with Gasteiger partial charge in [-0.1, -0.05) is 5.16 Å². The second-order valence-corrected chi connectivity index (χ2v) is 6.22. The molecular weight excluding hydrogens is 276 g/mol. The molecule has 0 amide bonds. The van der Waals surface area contributed by atoms with Crippen LogP contribution in [0.5, 0.6) is 0 Å². The molecule has 0 aromatic carbocycles. The molecule has 20 heavy (non-hydrogen) atoms. The normalized spacial score (nSPS) is 20.6. The van der Waals surface area contributed by atoms with Gasteiger partial charge >= 0.3 is 0 Å². The van der Waals surface area contributed by atoms with Crippen LogP contribution in [0.4, 0.5) is 5.00 Å². The molecule has 0 bridgehead atoms. The number of thiophene rings is 1. The Labute approximate surface area is 121 Å². The molecule has 0 spiro atoms. The van der Waals surface area contributed by atoms with Crippen LogP contribution in [0.3, 0.4) is 0 Å². The highest BCUT2D eigenvalue weighted by Crippen LogP contribution is 2.30. The van der Waals surface area contributed by atoms with Crippen molar-refractivity contribution >= 4 is 16.3 Å². The molecule has 0 aliphatic carbocycles. The van der Waals surface area contributed by atoms with Gasteiger partial charge in [-0.05, 0) is 26.0 Å². The van der Waals surface area contributed by atoms with Gasteiger partial charge in [-0.2, -0.15) is 4.98 Å². The Hall–Kier alpha value is -1.44. The average molecular weight is 294 g/mol. The first-order chi connectivity index (χ1) is 9.63. The molecule has 1 aliphatic rings. The van der Waals surface area contributed by atoms with E-state index in [-0.39, 0.29) is 6.10 Å². The first-order valence-electron chi connectivity index (χ1n) is 6.68. The Bertz CT molecular complexity index is 580. The molecule has 6 nitrogen and oxygen atoms in total. The number of nitrogens with two attached hydrogens (primary N) is 1. The molecule has 108 valence electrons. The number of rotatable bonds is 3. The second-order valence-electron chi connectivity index (χ2n) is 5.11. The summed E-state index contributed by atoms with van der Waals surface area (Å²) in [5, 5.41) is 4.78. The fourth-order valence-electron chi connectivity index (χ4n) is 2.23. The Morgan fingerprint density at radius 3 is 3.00 bits per heavy atom. The third kappa shape index (κ3) is 2.70. The molecule has 3 rings (SSSR count). The van der Waals surface area contributed by atoms with Crippen molar-refractivity contribution in [1.29, 1.82) is 0 Å². The van der Waals surface area contributed by atoms with Crippen LogP contribution in [0, 0.1) is 0 Å². The van der Waals surface area contributed by atoms with Crippen molar-refractivity contribution in [3.63, 3.8) is 0 Å². The van der Waals surface area contributed by atoms with Crippen LogP contribution in [0.1, 0.15) is 25.8 Å². The minimum atomic E-state index is -0.124. The van der Waals surface area contributed by atoms with Gasteiger partial charge in [0, 0.05) is 19.1 Å². The van der Waals surface area contributed by atoms with Crippen LogP contribution in [0.2, 0.25) is 0 Å². The van der Waals surface area contributed by atoms with Gasteiger partial charge < -0.3 is 15.0 Å². The third-order valence-electron chi connectivity index (χ3n) is 3.40. The minimum absolute atomic E-state index is 0.124. The number of nitrogens with zero attached hydrogens (tertiary/aromatic N) is 3. The number of aromatic nitrogens is 2. The lowest BCUT2D eigenvalue weighted by Crippen LogP contribution is -2.42. The lowest BCUT2D eigenvalue weighted by Gasteiger charge is -2.34. The van der Waals surface area contributed by atoms with Gasteiger partial charge in [0.1, 0.15) is 6.10 Å². The van der Waals surface area contributed by atoms with Gasteiger partial charge in [-0.25, -0.2) is 0 Å². The molecule has 0 saturated carbocycles. The number of anilines is 1. The van der Waals surface area contributed by atoms with E-state index < -0.39 is 0 Å². The Balaban J connectivity index is 1.76. The number of hydrogen-bond acceptors (Lipinski definition) is 7. The highest BCUT2D eigenvalue weighted by atomic mass is 32.1. The van der Waals surface area contributed by atoms with E-state index in [1.54, 1.807) is 0 Å². The molecule has 1 fully saturated rings. The van der Waals surface area contributed by atoms with E-state index in [1.807, 2.05) is 12.1 Å². The molecule has 1 unspecified atom stereocenters. The molecule has 2 aromatic heterocycles. The first-order valence-corrected chi connectivity index (χ1v) is 7.50. The van der Waals surface area contributed by atoms with Crippen molar-refractivity contribution in [3.05, 3.63) is 18.0 Å². The second kappa shape index (κ2) is 5.51. The molecule has 3 heterocycles. The molecular formula is C13H18N4O2S. The monoisotopic (exact) mass is 294 g/mol. The smallest absolute Gasteiger partial charge is 0.268 e. The molecule has 1 saturated heterocycles. The molecule has 2 N–H and O–H groups in total. The quantitative estimate of drug-likeness (QED) is 0.934. The number of ether oxygens (including phenoxy) is 1. The van der Waals surface area contributed by atoms with Crippen molar-refractivity contribution in [2.45, 2.75) is 26.0 Å². The molecule has 1 atom stereocenters. The van der Waals surface area contributed by atoms with E-state index in [0.29, 0.717) is 24.4 Å². The van der Waals surface area contributed by atoms with Crippen molar-refractivity contribution in [1.82, 2.24) is 15.0 Å². The number of nitrogen functional groups attached to an aromatic ring is 1. The van der Waals surface area contributed by atoms with Gasteiger partial charge in [0.05, 0.1) is 16.5 Å². The van der Waals surface area contributed by atoms with Gasteiger partial charge in [-0.15, -0.1) is 11.3 Å². The SMILES string of the molecule is CC(C)N1CCOC(c2noc(-c3ccc(N)s3)n2)C1. The van der Waals surface area contributed by atoms with E-state index in [9.17, 15) is 0 Å². The zero-order valence-corrected chi connectivity index (χ0v) is 12.4. The summed E-state index contributed by atoms with van der Waals surface area (Å²) in [6, 6.07) is 4.21. The molecule has 2 aromatic rings. The van der Waals surface area contributed by atoms with Crippen molar-refractivity contribution in [2.24, 2.45) is 0 Å². The fourth-order valence-corrected chi connectivity index (χ4v) is 2.92. The minimum Gasteiger partial charge on any atom is -0.391 e. The van der Waals surface area contributed by atoms with Crippen molar-refractivity contribution < 1.29 is 9.26 Å². The highest BCUT2D eigenvalue weighted by molar-refractivity contribution is 7.19. The molecule has 7 heteroatoms. The maximum absolute atomic E-state index is 5.75. The predicted molar refractivity (Wildman–Crippen MR) is 77.4 cm³/mol. The average Bonchev–Trinajstić information content (AvgIpc) is 3.07. The first kappa shape index (κ1) is 13.5. The zero-order chi connectivity index (χ0) is 14.1. The van der Waals surface area contributed by atoms with Crippen molar-refractivity contribution in [2.75, 3.05) is 25.4 Å². The van der Waals surface area contributed by atoms with Gasteiger partial charge in [0.25, 0.3) is 5.89 Å². The highest BCUT2D eigenvalue weighted by Gasteiger charge is 2.27. The lowest BCUT2D eigenvalue weighted by molar-refractivity contribution is -0.0450. The number of hydrogen-bond donors (Lipinski definition) is 1. The van der Waals surface area contributed by atoms with Gasteiger partial charge in [0.15, 0.2) is 0 Å². The summed E-state index contributed by atoms with van der Waals surface area (Å²) in [6.07, 6.45) is -0.124. The zero-order valence-electron chi connectivity index (χ0n) is 11.6. The molecule has 1 aliphatic heterocycles. The van der Waals surface area contributed by atoms with E-state index in [2.05, 4.69) is 28.9 Å². The van der Waals surface area contributed by atoms with Crippen LogP contribution < -0.4 is 5.73 Å². The summed E-state index contributed by atoms with van der Waals surface area (Å²) >= 11 is 1.44. The summed E-state index contributed by atoms with van der Waals surface area (Å²) < 4.78 is 11.1. The fraction of sp³-hybridized carbons (Fsp3) is 0.538. The molecule has 0 radical (unpaired) electrons. The Kier molecular flexibility index (Phi) is 3.73. The van der Waals surface area contributed by atoms with Gasteiger partial charge in [-0.3, -0.25) is 4.90 Å². The van der Waals surface area contributed by atoms with Crippen LogP contribution in [-0.4, -0.2) is 40.8 Å². The summed E-state index contributed by atoms with van der Waals surface area (Å²) in [4.78, 5) is 7.68.